The van der Waals surface area contributed by atoms with Gasteiger partial charge in [-0.05, 0) is 13.3 Å². The summed E-state index contributed by atoms with van der Waals surface area (Å²) in [6, 6.07) is 0.597. The van der Waals surface area contributed by atoms with Crippen LogP contribution in [0, 0.1) is 0 Å². The first kappa shape index (κ1) is 17.9. The summed E-state index contributed by atoms with van der Waals surface area (Å²) in [5.74, 6) is 0. The molecule has 0 aliphatic carbocycles. The lowest BCUT2D eigenvalue weighted by molar-refractivity contribution is 0.00907. The van der Waals surface area contributed by atoms with Crippen molar-refractivity contribution in [3.8, 4) is 0 Å². The van der Waals surface area contributed by atoms with Crippen molar-refractivity contribution in [2.24, 2.45) is 0 Å². The highest BCUT2D eigenvalue weighted by atomic mass is 16.5. The Balaban J connectivity index is 1.76. The van der Waals surface area contributed by atoms with Crippen LogP contribution in [0.3, 0.4) is 0 Å². The third-order valence-corrected chi connectivity index (χ3v) is 3.39. The van der Waals surface area contributed by atoms with Crippen molar-refractivity contribution >= 4 is 0 Å². The van der Waals surface area contributed by atoms with E-state index < -0.39 is 0 Å². The SMILES string of the molecule is CCCCOCCOCCOCCN1CCN[C@@H](C)C1. The maximum Gasteiger partial charge on any atom is 0.0701 e. The molecule has 0 aromatic carbocycles. The fraction of sp³-hybridized carbons (Fsp3) is 1.00. The number of hydrogen-bond donors (Lipinski definition) is 1. The number of piperazine rings is 1. The lowest BCUT2D eigenvalue weighted by atomic mass is 10.2. The van der Waals surface area contributed by atoms with Crippen molar-refractivity contribution in [2.45, 2.75) is 32.7 Å². The van der Waals surface area contributed by atoms with Gasteiger partial charge in [0.1, 0.15) is 0 Å². The fourth-order valence-electron chi connectivity index (χ4n) is 2.20. The van der Waals surface area contributed by atoms with E-state index in [1.165, 1.54) is 6.42 Å². The van der Waals surface area contributed by atoms with Gasteiger partial charge in [0.25, 0.3) is 0 Å². The van der Waals surface area contributed by atoms with Crippen LogP contribution in [-0.2, 0) is 14.2 Å². The number of rotatable bonds is 12. The molecular weight excluding hydrogens is 256 g/mol. The first-order chi connectivity index (χ1) is 9.83. The Bertz CT molecular complexity index is 217. The third kappa shape index (κ3) is 9.66. The van der Waals surface area contributed by atoms with Gasteiger partial charge in [0, 0.05) is 38.8 Å². The number of nitrogens with zero attached hydrogens (tertiary/aromatic N) is 1. The monoisotopic (exact) mass is 288 g/mol. The molecule has 1 rings (SSSR count). The first-order valence-corrected chi connectivity index (χ1v) is 8.02. The molecule has 0 unspecified atom stereocenters. The predicted octanol–water partition coefficient (Wildman–Crippen LogP) is 1.13. The molecule has 0 aromatic rings. The van der Waals surface area contributed by atoms with E-state index in [1.54, 1.807) is 0 Å². The second kappa shape index (κ2) is 12.5. The Labute approximate surface area is 123 Å². The molecule has 0 spiro atoms. The predicted molar refractivity (Wildman–Crippen MR) is 81.3 cm³/mol. The minimum absolute atomic E-state index is 0.597. The van der Waals surface area contributed by atoms with Crippen LogP contribution in [0.2, 0.25) is 0 Å². The quantitative estimate of drug-likeness (QED) is 0.545. The molecule has 120 valence electrons. The van der Waals surface area contributed by atoms with Crippen LogP contribution in [0.25, 0.3) is 0 Å². The van der Waals surface area contributed by atoms with Gasteiger partial charge in [-0.15, -0.1) is 0 Å². The van der Waals surface area contributed by atoms with Gasteiger partial charge < -0.3 is 19.5 Å². The maximum absolute atomic E-state index is 5.59. The van der Waals surface area contributed by atoms with Gasteiger partial charge in [-0.2, -0.15) is 0 Å². The summed E-state index contributed by atoms with van der Waals surface area (Å²) >= 11 is 0. The van der Waals surface area contributed by atoms with Crippen LogP contribution in [0.4, 0.5) is 0 Å². The van der Waals surface area contributed by atoms with Crippen LogP contribution >= 0.6 is 0 Å². The van der Waals surface area contributed by atoms with Gasteiger partial charge in [-0.1, -0.05) is 13.3 Å². The summed E-state index contributed by atoms with van der Waals surface area (Å²) in [5, 5.41) is 3.44. The molecule has 0 radical (unpaired) electrons. The minimum atomic E-state index is 0.597. The zero-order valence-corrected chi connectivity index (χ0v) is 13.2. The van der Waals surface area contributed by atoms with Gasteiger partial charge in [-0.3, -0.25) is 4.90 Å². The van der Waals surface area contributed by atoms with E-state index in [0.717, 1.165) is 45.8 Å². The molecule has 5 heteroatoms. The standard InChI is InChI=1S/C15H32N2O3/c1-3-4-8-18-10-12-20-13-11-19-9-7-17-6-5-16-15(2)14-17/h15-16H,3-14H2,1-2H3/t15-/m0/s1. The summed E-state index contributed by atoms with van der Waals surface area (Å²) in [6.45, 7) is 13.1. The number of unbranched alkanes of at least 4 members (excludes halogenated alkanes) is 1. The molecular formula is C15H32N2O3. The zero-order chi connectivity index (χ0) is 14.5. The second-order valence-corrected chi connectivity index (χ2v) is 5.35. The molecule has 1 saturated heterocycles. The molecule has 0 bridgehead atoms. The minimum Gasteiger partial charge on any atom is -0.379 e. The van der Waals surface area contributed by atoms with Crippen LogP contribution < -0.4 is 5.32 Å². The molecule has 0 aromatic heterocycles. The van der Waals surface area contributed by atoms with Gasteiger partial charge >= 0.3 is 0 Å². The first-order valence-electron chi connectivity index (χ1n) is 8.02. The number of nitrogens with one attached hydrogen (secondary N) is 1. The van der Waals surface area contributed by atoms with Crippen molar-refractivity contribution in [2.75, 3.05) is 65.8 Å². The highest BCUT2D eigenvalue weighted by molar-refractivity contribution is 4.74. The Hall–Kier alpha value is -0.200. The Morgan fingerprint density at radius 3 is 2.30 bits per heavy atom. The van der Waals surface area contributed by atoms with Crippen LogP contribution in [0.5, 0.6) is 0 Å². The molecule has 1 aliphatic heterocycles. The Morgan fingerprint density at radius 2 is 1.65 bits per heavy atom. The molecule has 0 saturated carbocycles. The molecule has 20 heavy (non-hydrogen) atoms. The van der Waals surface area contributed by atoms with Crippen molar-refractivity contribution in [1.82, 2.24) is 10.2 Å². The average Bonchev–Trinajstić information content (AvgIpc) is 2.45. The zero-order valence-electron chi connectivity index (χ0n) is 13.2. The molecule has 1 N–H and O–H groups in total. The number of hydrogen-bond acceptors (Lipinski definition) is 5. The number of ether oxygens (including phenoxy) is 3. The van der Waals surface area contributed by atoms with Crippen LogP contribution in [-0.4, -0.2) is 76.8 Å². The lowest BCUT2D eigenvalue weighted by Gasteiger charge is -2.31. The molecule has 5 nitrogen and oxygen atoms in total. The van der Waals surface area contributed by atoms with E-state index in [2.05, 4.69) is 24.1 Å². The largest absolute Gasteiger partial charge is 0.379 e. The normalized spacial score (nSPS) is 20.4. The highest BCUT2D eigenvalue weighted by Gasteiger charge is 2.14. The molecule has 0 amide bonds. The van der Waals surface area contributed by atoms with Crippen molar-refractivity contribution in [3.05, 3.63) is 0 Å². The third-order valence-electron chi connectivity index (χ3n) is 3.39. The second-order valence-electron chi connectivity index (χ2n) is 5.35. The topological polar surface area (TPSA) is 43.0 Å². The van der Waals surface area contributed by atoms with Gasteiger partial charge in [-0.25, -0.2) is 0 Å². The Morgan fingerprint density at radius 1 is 1.00 bits per heavy atom. The summed E-state index contributed by atoms with van der Waals surface area (Å²) < 4.78 is 16.5. The summed E-state index contributed by atoms with van der Waals surface area (Å²) in [7, 11) is 0. The van der Waals surface area contributed by atoms with Gasteiger partial charge in [0.15, 0.2) is 0 Å². The van der Waals surface area contributed by atoms with Crippen LogP contribution in [0.1, 0.15) is 26.7 Å². The van der Waals surface area contributed by atoms with E-state index in [0.29, 0.717) is 32.5 Å². The highest BCUT2D eigenvalue weighted by Crippen LogP contribution is 1.97. The van der Waals surface area contributed by atoms with E-state index in [1.807, 2.05) is 0 Å². The van der Waals surface area contributed by atoms with Crippen molar-refractivity contribution < 1.29 is 14.2 Å². The van der Waals surface area contributed by atoms with Crippen LogP contribution in [0.15, 0.2) is 0 Å². The van der Waals surface area contributed by atoms with Crippen molar-refractivity contribution in [3.63, 3.8) is 0 Å². The molecule has 1 fully saturated rings. The maximum atomic E-state index is 5.59. The molecule has 1 heterocycles. The lowest BCUT2D eigenvalue weighted by Crippen LogP contribution is -2.49. The smallest absolute Gasteiger partial charge is 0.0701 e. The van der Waals surface area contributed by atoms with E-state index in [-0.39, 0.29) is 0 Å². The van der Waals surface area contributed by atoms with E-state index in [9.17, 15) is 0 Å². The summed E-state index contributed by atoms with van der Waals surface area (Å²) in [6.07, 6.45) is 2.31. The average molecular weight is 288 g/mol. The van der Waals surface area contributed by atoms with Gasteiger partial charge in [0.05, 0.1) is 33.0 Å². The van der Waals surface area contributed by atoms with Gasteiger partial charge in [0.2, 0.25) is 0 Å². The Kier molecular flexibility index (Phi) is 11.2. The molecule has 1 aliphatic rings. The van der Waals surface area contributed by atoms with E-state index in [4.69, 9.17) is 14.2 Å². The van der Waals surface area contributed by atoms with E-state index >= 15 is 0 Å². The summed E-state index contributed by atoms with van der Waals surface area (Å²) in [4.78, 5) is 2.45. The summed E-state index contributed by atoms with van der Waals surface area (Å²) in [5.41, 5.74) is 0. The van der Waals surface area contributed by atoms with Crippen molar-refractivity contribution in [1.29, 1.82) is 0 Å². The molecule has 1 atom stereocenters. The fourth-order valence-corrected chi connectivity index (χ4v) is 2.20.